The van der Waals surface area contributed by atoms with Crippen molar-refractivity contribution in [3.05, 3.63) is 101 Å². The van der Waals surface area contributed by atoms with Crippen molar-refractivity contribution in [3.63, 3.8) is 0 Å². The second kappa shape index (κ2) is 9.43. The van der Waals surface area contributed by atoms with E-state index in [1.54, 1.807) is 48.5 Å². The van der Waals surface area contributed by atoms with Gasteiger partial charge in [-0.3, -0.25) is 4.79 Å². The minimum absolute atomic E-state index is 0.0108. The van der Waals surface area contributed by atoms with Crippen LogP contribution < -0.4 is 9.47 Å². The van der Waals surface area contributed by atoms with Gasteiger partial charge in [-0.2, -0.15) is 0 Å². The van der Waals surface area contributed by atoms with E-state index in [1.807, 2.05) is 30.3 Å². The third-order valence-corrected chi connectivity index (χ3v) is 4.86. The highest BCUT2D eigenvalue weighted by atomic mass is 16.6. The number of hydrogen-bond acceptors (Lipinski definition) is 4. The molecule has 4 nitrogen and oxygen atoms in total. The van der Waals surface area contributed by atoms with Crippen LogP contribution >= 0.6 is 0 Å². The van der Waals surface area contributed by atoms with Gasteiger partial charge in [-0.05, 0) is 46.9 Å². The SMILES string of the molecule is COc1cc(C=CC(=O)c2ccccc2)ccc1OC(=O)c1ccc(C(C)(C)C)cc1. The first-order valence-electron chi connectivity index (χ1n) is 10.1. The van der Waals surface area contributed by atoms with Crippen LogP contribution in [-0.4, -0.2) is 18.9 Å². The molecule has 3 aromatic carbocycles. The predicted octanol–water partition coefficient (Wildman–Crippen LogP) is 6.11. The van der Waals surface area contributed by atoms with Gasteiger partial charge in [-0.25, -0.2) is 4.79 Å². The van der Waals surface area contributed by atoms with Gasteiger partial charge in [0.2, 0.25) is 0 Å². The van der Waals surface area contributed by atoms with Crippen LogP contribution in [0, 0.1) is 0 Å². The molecular weight excluding hydrogens is 388 g/mol. The number of ketones is 1. The maximum Gasteiger partial charge on any atom is 0.343 e. The van der Waals surface area contributed by atoms with Gasteiger partial charge in [0.25, 0.3) is 0 Å². The number of allylic oxidation sites excluding steroid dienone is 1. The van der Waals surface area contributed by atoms with E-state index in [9.17, 15) is 9.59 Å². The summed E-state index contributed by atoms with van der Waals surface area (Å²) in [7, 11) is 1.51. The monoisotopic (exact) mass is 414 g/mol. The fourth-order valence-corrected chi connectivity index (χ4v) is 3.01. The molecule has 0 atom stereocenters. The quantitative estimate of drug-likeness (QED) is 0.211. The molecule has 158 valence electrons. The largest absolute Gasteiger partial charge is 0.493 e. The first-order chi connectivity index (χ1) is 14.8. The lowest BCUT2D eigenvalue weighted by Gasteiger charge is -2.19. The van der Waals surface area contributed by atoms with Crippen LogP contribution in [0.5, 0.6) is 11.5 Å². The molecule has 0 heterocycles. The van der Waals surface area contributed by atoms with Crippen molar-refractivity contribution in [1.29, 1.82) is 0 Å². The van der Waals surface area contributed by atoms with Crippen LogP contribution in [0.3, 0.4) is 0 Å². The van der Waals surface area contributed by atoms with Crippen molar-refractivity contribution in [3.8, 4) is 11.5 Å². The zero-order chi connectivity index (χ0) is 22.4. The lowest BCUT2D eigenvalue weighted by Crippen LogP contribution is -2.13. The molecule has 0 aromatic heterocycles. The minimum Gasteiger partial charge on any atom is -0.493 e. The van der Waals surface area contributed by atoms with Crippen LogP contribution in [-0.2, 0) is 5.41 Å². The molecule has 0 aliphatic carbocycles. The molecule has 0 saturated heterocycles. The highest BCUT2D eigenvalue weighted by Gasteiger charge is 2.16. The van der Waals surface area contributed by atoms with Crippen molar-refractivity contribution in [2.75, 3.05) is 7.11 Å². The molecule has 0 fully saturated rings. The molecule has 0 radical (unpaired) electrons. The van der Waals surface area contributed by atoms with Crippen LogP contribution in [0.15, 0.2) is 78.9 Å². The Hall–Kier alpha value is -3.66. The number of benzene rings is 3. The maximum atomic E-state index is 12.6. The molecule has 0 bridgehead atoms. The van der Waals surface area contributed by atoms with E-state index >= 15 is 0 Å². The average Bonchev–Trinajstić information content (AvgIpc) is 2.78. The topological polar surface area (TPSA) is 52.6 Å². The maximum absolute atomic E-state index is 12.6. The molecule has 0 unspecified atom stereocenters. The Morgan fingerprint density at radius 2 is 1.48 bits per heavy atom. The number of methoxy groups -OCH3 is 1. The second-order valence-electron chi connectivity index (χ2n) is 8.19. The molecule has 0 spiro atoms. The van der Waals surface area contributed by atoms with E-state index < -0.39 is 5.97 Å². The summed E-state index contributed by atoms with van der Waals surface area (Å²) in [6.45, 7) is 6.36. The summed E-state index contributed by atoms with van der Waals surface area (Å²) in [4.78, 5) is 24.8. The number of esters is 1. The van der Waals surface area contributed by atoms with Crippen LogP contribution in [0.4, 0.5) is 0 Å². The predicted molar refractivity (Wildman–Crippen MR) is 123 cm³/mol. The third kappa shape index (κ3) is 5.70. The molecule has 0 N–H and O–H groups in total. The molecular formula is C27H26O4. The summed E-state index contributed by atoms with van der Waals surface area (Å²) in [5, 5.41) is 0. The second-order valence-corrected chi connectivity index (χ2v) is 8.19. The van der Waals surface area contributed by atoms with E-state index in [1.165, 1.54) is 13.2 Å². The van der Waals surface area contributed by atoms with E-state index in [0.29, 0.717) is 22.6 Å². The first-order valence-corrected chi connectivity index (χ1v) is 10.1. The van der Waals surface area contributed by atoms with Gasteiger partial charge in [0.15, 0.2) is 17.3 Å². The van der Waals surface area contributed by atoms with Gasteiger partial charge in [0, 0.05) is 5.56 Å². The Morgan fingerprint density at radius 3 is 2.10 bits per heavy atom. The molecule has 3 rings (SSSR count). The van der Waals surface area contributed by atoms with Gasteiger partial charge >= 0.3 is 5.97 Å². The molecule has 4 heteroatoms. The lowest BCUT2D eigenvalue weighted by molar-refractivity contribution is 0.0729. The van der Waals surface area contributed by atoms with Gasteiger partial charge in [-0.1, -0.05) is 75.4 Å². The van der Waals surface area contributed by atoms with Crippen LogP contribution in [0.25, 0.3) is 6.08 Å². The smallest absolute Gasteiger partial charge is 0.343 e. The van der Waals surface area contributed by atoms with Crippen LogP contribution in [0.2, 0.25) is 0 Å². The van der Waals surface area contributed by atoms with E-state index in [2.05, 4.69) is 20.8 Å². The molecule has 31 heavy (non-hydrogen) atoms. The fourth-order valence-electron chi connectivity index (χ4n) is 3.01. The summed E-state index contributed by atoms with van der Waals surface area (Å²) in [6.07, 6.45) is 3.21. The summed E-state index contributed by atoms with van der Waals surface area (Å²) in [5.74, 6) is 0.183. The molecule has 0 aliphatic heterocycles. The molecule has 3 aromatic rings. The minimum atomic E-state index is -0.457. The Kier molecular flexibility index (Phi) is 6.71. The highest BCUT2D eigenvalue weighted by Crippen LogP contribution is 2.30. The number of hydrogen-bond donors (Lipinski definition) is 0. The zero-order valence-corrected chi connectivity index (χ0v) is 18.2. The lowest BCUT2D eigenvalue weighted by atomic mass is 9.87. The number of ether oxygens (including phenoxy) is 2. The zero-order valence-electron chi connectivity index (χ0n) is 18.2. The Labute approximate surface area is 183 Å². The van der Waals surface area contributed by atoms with Crippen molar-refractivity contribution in [2.45, 2.75) is 26.2 Å². The van der Waals surface area contributed by atoms with Gasteiger partial charge in [0.1, 0.15) is 0 Å². The molecule has 0 aliphatic rings. The summed E-state index contributed by atoms with van der Waals surface area (Å²) < 4.78 is 10.9. The Bertz CT molecular complexity index is 1090. The van der Waals surface area contributed by atoms with Gasteiger partial charge < -0.3 is 9.47 Å². The average molecular weight is 415 g/mol. The fraction of sp³-hybridized carbons (Fsp3) is 0.185. The van der Waals surface area contributed by atoms with Gasteiger partial charge in [-0.15, -0.1) is 0 Å². The van der Waals surface area contributed by atoms with Crippen LogP contribution in [0.1, 0.15) is 52.6 Å². The summed E-state index contributed by atoms with van der Waals surface area (Å²) >= 11 is 0. The first kappa shape index (κ1) is 22.0. The highest BCUT2D eigenvalue weighted by molar-refractivity contribution is 6.06. The van der Waals surface area contributed by atoms with Crippen molar-refractivity contribution < 1.29 is 19.1 Å². The van der Waals surface area contributed by atoms with Gasteiger partial charge in [0.05, 0.1) is 12.7 Å². The summed E-state index contributed by atoms with van der Waals surface area (Å²) in [6, 6.07) is 21.6. The summed E-state index contributed by atoms with van der Waals surface area (Å²) in [5.41, 5.74) is 3.00. The van der Waals surface area contributed by atoms with E-state index in [4.69, 9.17) is 9.47 Å². The number of carbonyl (C=O) groups is 2. The number of rotatable bonds is 6. The van der Waals surface area contributed by atoms with E-state index in [0.717, 1.165) is 11.1 Å². The molecule has 0 amide bonds. The Balaban J connectivity index is 1.73. The molecule has 0 saturated carbocycles. The normalized spacial score (nSPS) is 11.4. The Morgan fingerprint density at radius 1 is 0.806 bits per heavy atom. The number of carbonyl (C=O) groups excluding carboxylic acids is 2. The third-order valence-electron chi connectivity index (χ3n) is 4.86. The van der Waals surface area contributed by atoms with Crippen molar-refractivity contribution in [2.24, 2.45) is 0 Å². The van der Waals surface area contributed by atoms with Crippen molar-refractivity contribution in [1.82, 2.24) is 0 Å². The van der Waals surface area contributed by atoms with Crippen molar-refractivity contribution >= 4 is 17.8 Å². The van der Waals surface area contributed by atoms with E-state index in [-0.39, 0.29) is 11.2 Å². The standard InChI is InChI=1S/C27H26O4/c1-27(2,3)22-14-12-21(13-15-22)26(29)31-24-17-11-19(18-25(24)30-4)10-16-23(28)20-8-6-5-7-9-20/h5-18H,1-4H3.